The highest BCUT2D eigenvalue weighted by Gasteiger charge is 2.21. The summed E-state index contributed by atoms with van der Waals surface area (Å²) in [6.45, 7) is 4.26. The van der Waals surface area contributed by atoms with Gasteiger partial charge in [0, 0.05) is 17.6 Å². The summed E-state index contributed by atoms with van der Waals surface area (Å²) < 4.78 is 26.5. The highest BCUT2D eigenvalue weighted by molar-refractivity contribution is 7.90. The topological polar surface area (TPSA) is 75.6 Å². The Labute approximate surface area is 160 Å². The quantitative estimate of drug-likeness (QED) is 0.852. The van der Waals surface area contributed by atoms with Crippen LogP contribution in [0.25, 0.3) is 5.57 Å². The number of nitrogens with one attached hydrogen (secondary N) is 1. The zero-order valence-corrected chi connectivity index (χ0v) is 15.5. The summed E-state index contributed by atoms with van der Waals surface area (Å²) in [6.07, 6.45) is 0.111. The molecule has 1 amide bonds. The van der Waals surface area contributed by atoms with E-state index in [1.807, 2.05) is 37.3 Å². The molecule has 3 rings (SSSR count). The van der Waals surface area contributed by atoms with Gasteiger partial charge in [0.1, 0.15) is 0 Å². The first-order valence-corrected chi connectivity index (χ1v) is 9.86. The minimum Gasteiger partial charge on any atom is -0.280 e. The van der Waals surface area contributed by atoms with Gasteiger partial charge in [0.05, 0.1) is 17.2 Å². The fourth-order valence-corrected chi connectivity index (χ4v) is 3.91. The molecule has 0 aromatic heterocycles. The van der Waals surface area contributed by atoms with Crippen LogP contribution in [0.4, 0.5) is 0 Å². The molecule has 6 heteroatoms. The lowest BCUT2D eigenvalue weighted by molar-refractivity contribution is -0.119. The summed E-state index contributed by atoms with van der Waals surface area (Å²) in [7, 11) is -3.84. The van der Waals surface area contributed by atoms with Gasteiger partial charge >= 0.3 is 0 Å². The molecule has 27 heavy (non-hydrogen) atoms. The molecule has 1 N–H and O–H groups in total. The van der Waals surface area contributed by atoms with Crippen LogP contribution in [0, 0.1) is 0 Å². The second-order valence-corrected chi connectivity index (χ2v) is 7.78. The van der Waals surface area contributed by atoms with Gasteiger partial charge in [-0.1, -0.05) is 56.8 Å². The van der Waals surface area contributed by atoms with Crippen molar-refractivity contribution in [3.05, 3.63) is 71.3 Å². The largest absolute Gasteiger partial charge is 0.280 e. The summed E-state index contributed by atoms with van der Waals surface area (Å²) in [4.78, 5) is 16.1. The van der Waals surface area contributed by atoms with E-state index >= 15 is 0 Å². The van der Waals surface area contributed by atoms with Crippen LogP contribution >= 0.6 is 0 Å². The predicted molar refractivity (Wildman–Crippen MR) is 109 cm³/mol. The zero-order valence-electron chi connectivity index (χ0n) is 14.7. The number of nitrogens with zero attached hydrogens (tertiary/aromatic N) is 1. The Morgan fingerprint density at radius 1 is 1.04 bits per heavy atom. The average molecular weight is 385 g/mol. The van der Waals surface area contributed by atoms with Crippen molar-refractivity contribution in [1.29, 1.82) is 0 Å². The Bertz CT molecular complexity index is 989. The van der Waals surface area contributed by atoms with E-state index in [4.69, 9.17) is 0 Å². The third-order valence-corrected chi connectivity index (χ3v) is 5.60. The molecule has 0 saturated heterocycles. The number of carbonyl (C=O) groups excluding carboxylic acids is 1. The van der Waals surface area contributed by atoms with E-state index in [2.05, 4.69) is 9.71 Å². The molecule has 142 valence electrons. The molecule has 2 aromatic carbocycles. The average Bonchev–Trinajstić information content (AvgIpc) is 3.03. The molecule has 1 aliphatic rings. The van der Waals surface area contributed by atoms with E-state index in [1.54, 1.807) is 19.1 Å². The number of benzene rings is 2. The van der Waals surface area contributed by atoms with Crippen LogP contribution < -0.4 is 4.72 Å². The summed E-state index contributed by atoms with van der Waals surface area (Å²) >= 11 is 0. The lowest BCUT2D eigenvalue weighted by Gasteiger charge is -2.11. The number of amides is 1. The fraction of sp³-hybridized carbons (Fsp3) is 0.238. The van der Waals surface area contributed by atoms with Crippen LogP contribution in [-0.4, -0.2) is 26.6 Å². The minimum absolute atomic E-state index is 0. The maximum Gasteiger partial charge on any atom is 0.264 e. The van der Waals surface area contributed by atoms with E-state index < -0.39 is 15.9 Å². The van der Waals surface area contributed by atoms with Crippen LogP contribution in [0.15, 0.2) is 70.1 Å². The second-order valence-electron chi connectivity index (χ2n) is 6.09. The van der Waals surface area contributed by atoms with Crippen LogP contribution in [-0.2, 0) is 14.8 Å². The molecule has 0 atom stereocenters. The third kappa shape index (κ3) is 4.34. The number of hydrogen-bond acceptors (Lipinski definition) is 4. The Hall–Kier alpha value is -2.73. The number of hydrogen-bond donors (Lipinski definition) is 1. The normalized spacial score (nSPS) is 13.8. The highest BCUT2D eigenvalue weighted by atomic mass is 32.2. The van der Waals surface area contributed by atoms with Crippen LogP contribution in [0.1, 0.15) is 38.8 Å². The van der Waals surface area contributed by atoms with Crippen LogP contribution in [0.2, 0.25) is 0 Å². The second kappa shape index (κ2) is 8.31. The molecular formula is C21H24N2O3S. The van der Waals surface area contributed by atoms with E-state index in [9.17, 15) is 13.2 Å². The van der Waals surface area contributed by atoms with Gasteiger partial charge in [-0.05, 0) is 30.2 Å². The van der Waals surface area contributed by atoms with E-state index in [-0.39, 0.29) is 18.7 Å². The van der Waals surface area contributed by atoms with Gasteiger partial charge in [-0.2, -0.15) is 0 Å². The number of carbonyl (C=O) groups is 1. The van der Waals surface area contributed by atoms with Crippen molar-refractivity contribution in [1.82, 2.24) is 4.72 Å². The Balaban J connectivity index is 0.00000261. The molecule has 0 saturated carbocycles. The molecular weight excluding hydrogens is 360 g/mol. The molecule has 0 unspecified atom stereocenters. The van der Waals surface area contributed by atoms with Gasteiger partial charge in [-0.25, -0.2) is 13.1 Å². The predicted octanol–water partition coefficient (Wildman–Crippen LogP) is 3.81. The van der Waals surface area contributed by atoms with Crippen molar-refractivity contribution >= 4 is 27.2 Å². The summed E-state index contributed by atoms with van der Waals surface area (Å²) in [5.41, 5.74) is 5.02. The smallest absolute Gasteiger partial charge is 0.264 e. The number of allylic oxidation sites excluding steroid dienone is 1. The van der Waals surface area contributed by atoms with E-state index in [0.29, 0.717) is 6.54 Å². The molecule has 0 radical (unpaired) electrons. The lowest BCUT2D eigenvalue weighted by Crippen LogP contribution is -2.29. The number of sulfonamides is 1. The van der Waals surface area contributed by atoms with Gasteiger partial charge in [0.25, 0.3) is 10.0 Å². The standard InChI is InChI=1S/C20H20N2O3S.CH4/c1-3-18(23)22-26(24,25)17-11-9-15(10-12-17)19-14(2)13-21-20(19)16-7-5-4-6-8-16;/h4-12H,3,13H2,1-2H3,(H,22,23);1H4. The summed E-state index contributed by atoms with van der Waals surface area (Å²) in [5.74, 6) is -0.526. The summed E-state index contributed by atoms with van der Waals surface area (Å²) in [5, 5.41) is 0. The van der Waals surface area contributed by atoms with Crippen LogP contribution in [0.5, 0.6) is 0 Å². The van der Waals surface area contributed by atoms with Crippen molar-refractivity contribution in [2.75, 3.05) is 6.54 Å². The Kier molecular flexibility index (Phi) is 6.33. The molecule has 1 heterocycles. The van der Waals surface area contributed by atoms with Crippen molar-refractivity contribution in [2.24, 2.45) is 4.99 Å². The number of rotatable bonds is 5. The maximum absolute atomic E-state index is 12.2. The molecule has 0 aliphatic carbocycles. The molecule has 0 spiro atoms. The molecule has 2 aromatic rings. The monoisotopic (exact) mass is 384 g/mol. The van der Waals surface area contributed by atoms with Crippen molar-refractivity contribution in [3.8, 4) is 0 Å². The van der Waals surface area contributed by atoms with Crippen molar-refractivity contribution in [2.45, 2.75) is 32.6 Å². The fourth-order valence-electron chi connectivity index (χ4n) is 2.85. The van der Waals surface area contributed by atoms with Gasteiger partial charge in [0.2, 0.25) is 5.91 Å². The highest BCUT2D eigenvalue weighted by Crippen LogP contribution is 2.29. The van der Waals surface area contributed by atoms with Gasteiger partial charge in [-0.3, -0.25) is 9.79 Å². The summed E-state index contributed by atoms with van der Waals surface area (Å²) in [6, 6.07) is 16.5. The lowest BCUT2D eigenvalue weighted by atomic mass is 9.94. The van der Waals surface area contributed by atoms with Gasteiger partial charge in [-0.15, -0.1) is 0 Å². The molecule has 1 aliphatic heterocycles. The van der Waals surface area contributed by atoms with Gasteiger partial charge in [0.15, 0.2) is 0 Å². The molecule has 0 bridgehead atoms. The van der Waals surface area contributed by atoms with E-state index in [1.165, 1.54) is 12.1 Å². The first kappa shape index (κ1) is 20.6. The minimum atomic E-state index is -3.84. The first-order valence-electron chi connectivity index (χ1n) is 8.38. The SMILES string of the molecule is C.CCC(=O)NS(=O)(=O)c1ccc(C2=C(C)CN=C2c2ccccc2)cc1. The zero-order chi connectivity index (χ0) is 18.7. The maximum atomic E-state index is 12.2. The Morgan fingerprint density at radius 3 is 2.26 bits per heavy atom. The Morgan fingerprint density at radius 2 is 1.67 bits per heavy atom. The van der Waals surface area contributed by atoms with Gasteiger partial charge < -0.3 is 0 Å². The molecule has 0 fully saturated rings. The number of aliphatic imine (C=N–C) groups is 1. The van der Waals surface area contributed by atoms with Crippen molar-refractivity contribution in [3.63, 3.8) is 0 Å². The van der Waals surface area contributed by atoms with Crippen LogP contribution in [0.3, 0.4) is 0 Å². The molecule has 5 nitrogen and oxygen atoms in total. The van der Waals surface area contributed by atoms with Crippen molar-refractivity contribution < 1.29 is 13.2 Å². The van der Waals surface area contributed by atoms with E-state index in [0.717, 1.165) is 28.0 Å². The first-order chi connectivity index (χ1) is 12.4. The third-order valence-electron chi connectivity index (χ3n) is 4.21.